The Labute approximate surface area is 121 Å². The second-order valence-electron chi connectivity index (χ2n) is 4.53. The van der Waals surface area contributed by atoms with Gasteiger partial charge in [-0.2, -0.15) is 17.5 Å². The Morgan fingerprint density at radius 3 is 2.19 bits per heavy atom. The first-order chi connectivity index (χ1) is 9.58. The van der Waals surface area contributed by atoms with Crippen molar-refractivity contribution >= 4 is 16.0 Å². The largest absolute Gasteiger partial charge is 0.402 e. The number of halogens is 3. The van der Waals surface area contributed by atoms with E-state index in [-0.39, 0.29) is 10.8 Å². The van der Waals surface area contributed by atoms with E-state index >= 15 is 0 Å². The third-order valence-corrected chi connectivity index (χ3v) is 4.46. The summed E-state index contributed by atoms with van der Waals surface area (Å²) in [5.41, 5.74) is 0. The lowest BCUT2D eigenvalue weighted by Gasteiger charge is -2.26. The van der Waals surface area contributed by atoms with E-state index in [1.54, 1.807) is 6.92 Å². The van der Waals surface area contributed by atoms with Crippen molar-refractivity contribution in [3.63, 3.8) is 0 Å². The maximum atomic E-state index is 12.5. The highest BCUT2D eigenvalue weighted by atomic mass is 32.2. The van der Waals surface area contributed by atoms with Gasteiger partial charge < -0.3 is 5.32 Å². The predicted octanol–water partition coefficient (Wildman–Crippen LogP) is 1.87. The number of hydrogen-bond acceptors (Lipinski definition) is 5. The summed E-state index contributed by atoms with van der Waals surface area (Å²) >= 11 is 0. The molecule has 0 saturated heterocycles. The summed E-state index contributed by atoms with van der Waals surface area (Å²) in [5.74, 6) is 0.211. The van der Waals surface area contributed by atoms with Crippen LogP contribution in [0.1, 0.15) is 20.8 Å². The van der Waals surface area contributed by atoms with Crippen LogP contribution in [0, 0.1) is 0 Å². The molecule has 1 N–H and O–H groups in total. The predicted molar refractivity (Wildman–Crippen MR) is 71.3 cm³/mol. The van der Waals surface area contributed by atoms with Crippen molar-refractivity contribution in [2.45, 2.75) is 37.9 Å². The van der Waals surface area contributed by atoms with E-state index in [2.05, 4.69) is 15.3 Å². The van der Waals surface area contributed by atoms with Gasteiger partial charge in [0, 0.05) is 12.6 Å². The highest BCUT2D eigenvalue weighted by Crippen LogP contribution is 2.24. The number of sulfonamides is 1. The summed E-state index contributed by atoms with van der Waals surface area (Å²) in [6.45, 7) is 3.53. The van der Waals surface area contributed by atoms with E-state index in [1.807, 2.05) is 0 Å². The van der Waals surface area contributed by atoms with Crippen molar-refractivity contribution in [3.05, 3.63) is 12.4 Å². The van der Waals surface area contributed by atoms with Crippen LogP contribution in [0.4, 0.5) is 19.1 Å². The molecule has 0 fully saturated rings. The molecule has 0 atom stereocenters. The van der Waals surface area contributed by atoms with Crippen LogP contribution in [0.25, 0.3) is 0 Å². The van der Waals surface area contributed by atoms with Gasteiger partial charge in [0.25, 0.3) is 0 Å². The lowest BCUT2D eigenvalue weighted by atomic mass is 10.4. The van der Waals surface area contributed by atoms with Crippen LogP contribution in [0.3, 0.4) is 0 Å². The topological polar surface area (TPSA) is 75.2 Å². The van der Waals surface area contributed by atoms with Crippen LogP contribution in [0.5, 0.6) is 0 Å². The van der Waals surface area contributed by atoms with Crippen LogP contribution < -0.4 is 5.32 Å². The number of hydrogen-bond donors (Lipinski definition) is 1. The van der Waals surface area contributed by atoms with Gasteiger partial charge >= 0.3 is 6.18 Å². The van der Waals surface area contributed by atoms with E-state index in [4.69, 9.17) is 0 Å². The Morgan fingerprint density at radius 1 is 1.29 bits per heavy atom. The van der Waals surface area contributed by atoms with Gasteiger partial charge in [0.2, 0.25) is 16.0 Å². The molecule has 0 aliphatic rings. The number of aromatic nitrogens is 2. The summed E-state index contributed by atoms with van der Waals surface area (Å²) in [5, 5.41) is 2.77. The minimum absolute atomic E-state index is 0.211. The molecule has 21 heavy (non-hydrogen) atoms. The van der Waals surface area contributed by atoms with E-state index in [1.165, 1.54) is 13.8 Å². The van der Waals surface area contributed by atoms with Gasteiger partial charge in [0.05, 0.1) is 12.4 Å². The number of nitrogens with zero attached hydrogens (tertiary/aromatic N) is 3. The zero-order valence-corrected chi connectivity index (χ0v) is 12.7. The SMILES string of the molecule is CCNc1ncc(S(=O)(=O)N(CC(F)(F)F)C(C)C)cn1. The molecule has 120 valence electrons. The van der Waals surface area contributed by atoms with Crippen LogP contribution in [0.15, 0.2) is 17.3 Å². The third kappa shape index (κ3) is 4.81. The summed E-state index contributed by atoms with van der Waals surface area (Å²) in [6, 6.07) is -0.843. The van der Waals surface area contributed by atoms with Crippen molar-refractivity contribution in [1.29, 1.82) is 0 Å². The minimum Gasteiger partial charge on any atom is -0.355 e. The standard InChI is InChI=1S/C11H17F3N4O2S/c1-4-15-10-16-5-9(6-17-10)21(19,20)18(8(2)3)7-11(12,13)14/h5-6,8H,4,7H2,1-3H3,(H,15,16,17). The molecule has 0 unspecified atom stereocenters. The summed E-state index contributed by atoms with van der Waals surface area (Å²) in [4.78, 5) is 7.15. The Bertz CT molecular complexity index is 558. The molecule has 1 aromatic rings. The quantitative estimate of drug-likeness (QED) is 0.864. The molecule has 0 spiro atoms. The maximum absolute atomic E-state index is 12.5. The number of nitrogens with one attached hydrogen (secondary N) is 1. The summed E-state index contributed by atoms with van der Waals surface area (Å²) < 4.78 is 62.5. The Kier molecular flexibility index (Phi) is 5.51. The summed E-state index contributed by atoms with van der Waals surface area (Å²) in [7, 11) is -4.30. The van der Waals surface area contributed by atoms with Gasteiger partial charge in [-0.1, -0.05) is 0 Å². The molecule has 1 aromatic heterocycles. The van der Waals surface area contributed by atoms with Gasteiger partial charge in [-0.3, -0.25) is 0 Å². The van der Waals surface area contributed by atoms with Crippen molar-refractivity contribution < 1.29 is 21.6 Å². The fourth-order valence-electron chi connectivity index (χ4n) is 1.56. The highest BCUT2D eigenvalue weighted by molar-refractivity contribution is 7.89. The number of anilines is 1. The first-order valence-electron chi connectivity index (χ1n) is 6.22. The molecule has 0 radical (unpaired) electrons. The normalized spacial score (nSPS) is 13.0. The van der Waals surface area contributed by atoms with E-state index in [0.717, 1.165) is 12.4 Å². The molecule has 0 saturated carbocycles. The molecular weight excluding hydrogens is 309 g/mol. The molecule has 0 aliphatic heterocycles. The number of rotatable bonds is 6. The molecule has 1 heterocycles. The fraction of sp³-hybridized carbons (Fsp3) is 0.636. The molecule has 0 aliphatic carbocycles. The van der Waals surface area contributed by atoms with Crippen molar-refractivity contribution in [1.82, 2.24) is 14.3 Å². The summed E-state index contributed by atoms with van der Waals surface area (Å²) in [6.07, 6.45) is -2.64. The Hall–Kier alpha value is -1.42. The maximum Gasteiger partial charge on any atom is 0.402 e. The molecule has 6 nitrogen and oxygen atoms in total. The smallest absolute Gasteiger partial charge is 0.355 e. The molecule has 1 rings (SSSR count). The van der Waals surface area contributed by atoms with Gasteiger partial charge in [-0.15, -0.1) is 0 Å². The Balaban J connectivity index is 3.11. The van der Waals surface area contributed by atoms with E-state index in [9.17, 15) is 21.6 Å². The van der Waals surface area contributed by atoms with Gasteiger partial charge in [0.15, 0.2) is 0 Å². The molecule has 0 aromatic carbocycles. The van der Waals surface area contributed by atoms with E-state index in [0.29, 0.717) is 10.8 Å². The third-order valence-electron chi connectivity index (χ3n) is 2.48. The van der Waals surface area contributed by atoms with Crippen molar-refractivity contribution in [3.8, 4) is 0 Å². The number of alkyl halides is 3. The van der Waals surface area contributed by atoms with Crippen LogP contribution in [-0.2, 0) is 10.0 Å². The van der Waals surface area contributed by atoms with Crippen molar-refractivity contribution in [2.75, 3.05) is 18.4 Å². The monoisotopic (exact) mass is 326 g/mol. The minimum atomic E-state index is -4.62. The lowest BCUT2D eigenvalue weighted by Crippen LogP contribution is -2.43. The van der Waals surface area contributed by atoms with E-state index < -0.39 is 28.8 Å². The van der Waals surface area contributed by atoms with Gasteiger partial charge in [-0.25, -0.2) is 18.4 Å². The zero-order chi connectivity index (χ0) is 16.3. The average molecular weight is 326 g/mol. The molecule has 10 heteroatoms. The molecule has 0 bridgehead atoms. The van der Waals surface area contributed by atoms with Crippen LogP contribution in [-0.4, -0.2) is 48.0 Å². The second-order valence-corrected chi connectivity index (χ2v) is 6.42. The molecular formula is C11H17F3N4O2S. The second kappa shape index (κ2) is 6.56. The highest BCUT2D eigenvalue weighted by Gasteiger charge is 2.38. The average Bonchev–Trinajstić information content (AvgIpc) is 2.35. The fourth-order valence-corrected chi connectivity index (χ4v) is 3.07. The Morgan fingerprint density at radius 2 is 1.81 bits per heavy atom. The van der Waals surface area contributed by atoms with Gasteiger partial charge in [-0.05, 0) is 20.8 Å². The molecule has 0 amide bonds. The van der Waals surface area contributed by atoms with Gasteiger partial charge in [0.1, 0.15) is 11.4 Å². The van der Waals surface area contributed by atoms with Crippen molar-refractivity contribution in [2.24, 2.45) is 0 Å². The first-order valence-corrected chi connectivity index (χ1v) is 7.66. The van der Waals surface area contributed by atoms with Crippen LogP contribution in [0.2, 0.25) is 0 Å². The first kappa shape index (κ1) is 17.6. The zero-order valence-electron chi connectivity index (χ0n) is 11.8. The van der Waals surface area contributed by atoms with Crippen LogP contribution >= 0.6 is 0 Å². The lowest BCUT2D eigenvalue weighted by molar-refractivity contribution is -0.138.